The first-order chi connectivity index (χ1) is 9.79. The van der Waals surface area contributed by atoms with E-state index in [2.05, 4.69) is 10.6 Å². The minimum Gasteiger partial charge on any atom is -0.480 e. The van der Waals surface area contributed by atoms with E-state index in [1.165, 1.54) is 0 Å². The average molecular weight is 297 g/mol. The minimum atomic E-state index is -1.23. The zero-order chi connectivity index (χ0) is 16.0. The normalized spacial score (nSPS) is 13.2. The van der Waals surface area contributed by atoms with Gasteiger partial charge >= 0.3 is 12.0 Å². The molecular weight excluding hydrogens is 278 g/mol. The second-order valence-corrected chi connectivity index (χ2v) is 4.68. The number of carboxylic acid groups (broad SMARTS) is 1. The van der Waals surface area contributed by atoms with Gasteiger partial charge in [0, 0.05) is 6.42 Å². The van der Waals surface area contributed by atoms with Crippen LogP contribution in [-0.2, 0) is 9.59 Å². The van der Waals surface area contributed by atoms with E-state index in [0.29, 0.717) is 11.5 Å². The van der Waals surface area contributed by atoms with Crippen molar-refractivity contribution in [1.82, 2.24) is 10.6 Å². The maximum Gasteiger partial charge on any atom is 0.326 e. The van der Waals surface area contributed by atoms with Crippen LogP contribution in [0.4, 0.5) is 4.79 Å². The van der Waals surface area contributed by atoms with Crippen molar-refractivity contribution >= 4 is 17.9 Å². The number of primary amides is 1. The van der Waals surface area contributed by atoms with Crippen molar-refractivity contribution in [2.24, 2.45) is 5.73 Å². The van der Waals surface area contributed by atoms with Crippen LogP contribution in [0.15, 0.2) is 16.5 Å². The SMILES string of the molecule is Cc1ccc(C(C)NC(=O)N[C@H](CCC(N)=O)C(=O)O)o1. The number of hydrogen-bond donors (Lipinski definition) is 4. The Morgan fingerprint density at radius 1 is 1.33 bits per heavy atom. The highest BCUT2D eigenvalue weighted by atomic mass is 16.4. The van der Waals surface area contributed by atoms with Gasteiger partial charge in [0.25, 0.3) is 0 Å². The van der Waals surface area contributed by atoms with Crippen molar-refractivity contribution in [3.05, 3.63) is 23.7 Å². The molecule has 0 fully saturated rings. The summed E-state index contributed by atoms with van der Waals surface area (Å²) in [5.41, 5.74) is 4.96. The number of nitrogens with two attached hydrogens (primary N) is 1. The Morgan fingerprint density at radius 3 is 2.48 bits per heavy atom. The first-order valence-electron chi connectivity index (χ1n) is 6.44. The van der Waals surface area contributed by atoms with E-state index < -0.39 is 30.0 Å². The van der Waals surface area contributed by atoms with E-state index in [0.717, 1.165) is 0 Å². The zero-order valence-corrected chi connectivity index (χ0v) is 11.9. The molecule has 0 aromatic carbocycles. The predicted molar refractivity (Wildman–Crippen MR) is 73.4 cm³/mol. The Labute approximate surface area is 121 Å². The maximum absolute atomic E-state index is 11.7. The first kappa shape index (κ1) is 16.5. The molecule has 1 aromatic heterocycles. The molecule has 0 aliphatic carbocycles. The molecule has 116 valence electrons. The van der Waals surface area contributed by atoms with Crippen LogP contribution in [0, 0.1) is 6.92 Å². The highest BCUT2D eigenvalue weighted by molar-refractivity contribution is 5.83. The van der Waals surface area contributed by atoms with Gasteiger partial charge < -0.3 is 25.9 Å². The van der Waals surface area contributed by atoms with E-state index in [-0.39, 0.29) is 12.8 Å². The van der Waals surface area contributed by atoms with Gasteiger partial charge in [-0.3, -0.25) is 4.79 Å². The van der Waals surface area contributed by atoms with Crippen LogP contribution in [0.25, 0.3) is 0 Å². The van der Waals surface area contributed by atoms with Crippen LogP contribution < -0.4 is 16.4 Å². The fraction of sp³-hybridized carbons (Fsp3) is 0.462. The van der Waals surface area contributed by atoms with Crippen LogP contribution in [-0.4, -0.2) is 29.1 Å². The minimum absolute atomic E-state index is 0.0632. The smallest absolute Gasteiger partial charge is 0.326 e. The monoisotopic (exact) mass is 297 g/mol. The number of carbonyl (C=O) groups is 3. The summed E-state index contributed by atoms with van der Waals surface area (Å²) in [6, 6.07) is 1.24. The zero-order valence-electron chi connectivity index (χ0n) is 11.9. The van der Waals surface area contributed by atoms with Crippen molar-refractivity contribution < 1.29 is 23.9 Å². The number of amides is 3. The Kier molecular flexibility index (Phi) is 5.77. The van der Waals surface area contributed by atoms with E-state index in [1.54, 1.807) is 26.0 Å². The molecule has 0 aliphatic heterocycles. The number of hydrogen-bond acceptors (Lipinski definition) is 4. The van der Waals surface area contributed by atoms with Crippen LogP contribution >= 0.6 is 0 Å². The molecule has 0 radical (unpaired) electrons. The molecule has 2 atom stereocenters. The van der Waals surface area contributed by atoms with Gasteiger partial charge in [0.1, 0.15) is 17.6 Å². The predicted octanol–water partition coefficient (Wildman–Crippen LogP) is 0.667. The van der Waals surface area contributed by atoms with Gasteiger partial charge in [0.15, 0.2) is 0 Å². The fourth-order valence-electron chi connectivity index (χ4n) is 1.70. The molecular formula is C13H19N3O5. The van der Waals surface area contributed by atoms with Gasteiger partial charge in [-0.05, 0) is 32.4 Å². The summed E-state index contributed by atoms with van der Waals surface area (Å²) >= 11 is 0. The number of aliphatic carboxylic acids is 1. The maximum atomic E-state index is 11.7. The molecule has 0 saturated carbocycles. The lowest BCUT2D eigenvalue weighted by Crippen LogP contribution is -2.46. The number of carboxylic acids is 1. The molecule has 1 aromatic rings. The van der Waals surface area contributed by atoms with Crippen molar-refractivity contribution in [2.75, 3.05) is 0 Å². The summed E-state index contributed by atoms with van der Waals surface area (Å²) in [7, 11) is 0. The third kappa shape index (κ3) is 5.55. The number of nitrogens with one attached hydrogen (secondary N) is 2. The fourth-order valence-corrected chi connectivity index (χ4v) is 1.70. The van der Waals surface area contributed by atoms with Crippen LogP contribution in [0.5, 0.6) is 0 Å². The molecule has 8 nitrogen and oxygen atoms in total. The molecule has 0 saturated heterocycles. The first-order valence-corrected chi connectivity index (χ1v) is 6.44. The van der Waals surface area contributed by atoms with Gasteiger partial charge in [-0.25, -0.2) is 9.59 Å². The molecule has 5 N–H and O–H groups in total. The standard InChI is InChI=1S/C13H19N3O5/c1-7-3-5-10(21-7)8(2)15-13(20)16-9(12(18)19)4-6-11(14)17/h3,5,8-9H,4,6H2,1-2H3,(H2,14,17)(H,18,19)(H2,15,16,20)/t8?,9-/m1/s1. The third-order valence-electron chi connectivity index (χ3n) is 2.82. The summed E-state index contributed by atoms with van der Waals surface area (Å²) in [5.74, 6) is -0.577. The second-order valence-electron chi connectivity index (χ2n) is 4.68. The number of rotatable bonds is 7. The van der Waals surface area contributed by atoms with E-state index >= 15 is 0 Å². The quantitative estimate of drug-likeness (QED) is 0.586. The van der Waals surface area contributed by atoms with Crippen molar-refractivity contribution in [3.8, 4) is 0 Å². The molecule has 0 bridgehead atoms. The molecule has 21 heavy (non-hydrogen) atoms. The number of urea groups is 1. The summed E-state index contributed by atoms with van der Waals surface area (Å²) in [6.07, 6.45) is -0.184. The highest BCUT2D eigenvalue weighted by Gasteiger charge is 2.22. The van der Waals surface area contributed by atoms with Crippen LogP contribution in [0.3, 0.4) is 0 Å². The van der Waals surface area contributed by atoms with Gasteiger partial charge in [-0.2, -0.15) is 0 Å². The molecule has 3 amide bonds. The van der Waals surface area contributed by atoms with Gasteiger partial charge in [0.05, 0.1) is 6.04 Å². The van der Waals surface area contributed by atoms with Crippen molar-refractivity contribution in [1.29, 1.82) is 0 Å². The lowest BCUT2D eigenvalue weighted by molar-refractivity contribution is -0.139. The van der Waals surface area contributed by atoms with Crippen LogP contribution in [0.2, 0.25) is 0 Å². The number of carbonyl (C=O) groups excluding carboxylic acids is 2. The van der Waals surface area contributed by atoms with E-state index in [9.17, 15) is 14.4 Å². The topological polar surface area (TPSA) is 135 Å². The third-order valence-corrected chi connectivity index (χ3v) is 2.82. The molecule has 8 heteroatoms. The van der Waals surface area contributed by atoms with Crippen molar-refractivity contribution in [2.45, 2.75) is 38.8 Å². The number of furan rings is 1. The van der Waals surface area contributed by atoms with Gasteiger partial charge in [0.2, 0.25) is 5.91 Å². The summed E-state index contributed by atoms with van der Waals surface area (Å²) < 4.78 is 5.36. The number of aryl methyl sites for hydroxylation is 1. The Bertz CT molecular complexity index is 526. The van der Waals surface area contributed by atoms with Gasteiger partial charge in [-0.15, -0.1) is 0 Å². The summed E-state index contributed by atoms with van der Waals surface area (Å²) in [5, 5.41) is 13.8. The molecule has 0 spiro atoms. The summed E-state index contributed by atoms with van der Waals surface area (Å²) in [6.45, 7) is 3.48. The highest BCUT2D eigenvalue weighted by Crippen LogP contribution is 2.15. The Morgan fingerprint density at radius 2 is 2.00 bits per heavy atom. The molecule has 1 unspecified atom stereocenters. The largest absolute Gasteiger partial charge is 0.480 e. The van der Waals surface area contributed by atoms with E-state index in [4.69, 9.17) is 15.3 Å². The molecule has 0 aliphatic rings. The molecule has 1 heterocycles. The van der Waals surface area contributed by atoms with E-state index in [1.807, 2.05) is 0 Å². The molecule has 1 rings (SSSR count). The van der Waals surface area contributed by atoms with Gasteiger partial charge in [-0.1, -0.05) is 0 Å². The Hall–Kier alpha value is -2.51. The van der Waals surface area contributed by atoms with Crippen LogP contribution in [0.1, 0.15) is 37.3 Å². The average Bonchev–Trinajstić information content (AvgIpc) is 2.80. The Balaban J connectivity index is 2.53. The summed E-state index contributed by atoms with van der Waals surface area (Å²) in [4.78, 5) is 33.4. The lowest BCUT2D eigenvalue weighted by atomic mass is 10.1. The lowest BCUT2D eigenvalue weighted by Gasteiger charge is -2.17. The second kappa shape index (κ2) is 7.32. The van der Waals surface area contributed by atoms with Crippen molar-refractivity contribution in [3.63, 3.8) is 0 Å².